The molecule has 3 rings (SSSR count). The Morgan fingerprint density at radius 2 is 2.22 bits per heavy atom. The highest BCUT2D eigenvalue weighted by atomic mass is 16.2. The molecule has 18 heavy (non-hydrogen) atoms. The van der Waals surface area contributed by atoms with Gasteiger partial charge in [0.05, 0.1) is 11.6 Å². The van der Waals surface area contributed by atoms with Gasteiger partial charge in [-0.15, -0.1) is 0 Å². The Morgan fingerprint density at radius 3 is 2.83 bits per heavy atom. The van der Waals surface area contributed by atoms with E-state index in [9.17, 15) is 4.79 Å². The molecule has 0 unspecified atom stereocenters. The summed E-state index contributed by atoms with van der Waals surface area (Å²) in [6.45, 7) is 3.46. The summed E-state index contributed by atoms with van der Waals surface area (Å²) < 4.78 is 2.12. The van der Waals surface area contributed by atoms with Crippen LogP contribution < -0.4 is 0 Å². The minimum Gasteiger partial charge on any atom is -0.334 e. The van der Waals surface area contributed by atoms with Gasteiger partial charge in [-0.3, -0.25) is 9.78 Å². The first-order valence-corrected chi connectivity index (χ1v) is 5.94. The van der Waals surface area contributed by atoms with Crippen molar-refractivity contribution in [3.05, 3.63) is 48.3 Å². The third-order valence-electron chi connectivity index (χ3n) is 3.31. The van der Waals surface area contributed by atoms with Gasteiger partial charge in [-0.05, 0) is 19.1 Å². The van der Waals surface area contributed by atoms with Gasteiger partial charge in [0.25, 0.3) is 5.91 Å². The van der Waals surface area contributed by atoms with Gasteiger partial charge in [0.1, 0.15) is 5.82 Å². The first kappa shape index (κ1) is 11.0. The molecule has 0 radical (unpaired) electrons. The highest BCUT2D eigenvalue weighted by Crippen LogP contribution is 2.23. The molecule has 0 bridgehead atoms. The van der Waals surface area contributed by atoms with Crippen molar-refractivity contribution in [3.8, 4) is 0 Å². The minimum absolute atomic E-state index is 0.0529. The zero-order valence-electron chi connectivity index (χ0n) is 10.2. The van der Waals surface area contributed by atoms with Crippen LogP contribution in [0.2, 0.25) is 0 Å². The number of aromatic nitrogens is 3. The van der Waals surface area contributed by atoms with Crippen molar-refractivity contribution < 1.29 is 4.79 Å². The van der Waals surface area contributed by atoms with Gasteiger partial charge in [0.15, 0.2) is 0 Å². The summed E-state index contributed by atoms with van der Waals surface area (Å²) in [5.74, 6) is 1.05. The molecule has 3 heterocycles. The molecule has 1 aliphatic heterocycles. The van der Waals surface area contributed by atoms with Crippen molar-refractivity contribution in [2.45, 2.75) is 13.0 Å². The van der Waals surface area contributed by atoms with E-state index in [2.05, 4.69) is 14.5 Å². The van der Waals surface area contributed by atoms with Crippen LogP contribution >= 0.6 is 0 Å². The Hall–Kier alpha value is -2.17. The van der Waals surface area contributed by atoms with Crippen LogP contribution in [-0.4, -0.2) is 38.4 Å². The van der Waals surface area contributed by atoms with E-state index in [4.69, 9.17) is 0 Å². The quantitative estimate of drug-likeness (QED) is 0.797. The molecule has 0 aliphatic carbocycles. The molecule has 2 aromatic heterocycles. The summed E-state index contributed by atoms with van der Waals surface area (Å²) in [6.07, 6.45) is 7.04. The number of carbonyl (C=O) groups excluding carboxylic acids is 1. The number of pyridine rings is 1. The molecule has 0 N–H and O–H groups in total. The second-order valence-corrected chi connectivity index (χ2v) is 4.49. The molecular weight excluding hydrogens is 228 g/mol. The minimum atomic E-state index is 0.0529. The average Bonchev–Trinajstić information content (AvgIpc) is 2.75. The predicted molar refractivity (Wildman–Crippen MR) is 66.1 cm³/mol. The summed E-state index contributed by atoms with van der Waals surface area (Å²) in [5, 5.41) is 0. The van der Waals surface area contributed by atoms with Gasteiger partial charge in [-0.2, -0.15) is 0 Å². The van der Waals surface area contributed by atoms with Crippen LogP contribution in [0.15, 0.2) is 36.9 Å². The molecule has 5 heteroatoms. The molecule has 5 nitrogen and oxygen atoms in total. The fourth-order valence-corrected chi connectivity index (χ4v) is 2.24. The van der Waals surface area contributed by atoms with Crippen molar-refractivity contribution in [3.63, 3.8) is 0 Å². The third kappa shape index (κ3) is 1.77. The van der Waals surface area contributed by atoms with E-state index in [0.717, 1.165) is 18.9 Å². The maximum atomic E-state index is 12.1. The Labute approximate surface area is 105 Å². The van der Waals surface area contributed by atoms with Crippen LogP contribution in [0.5, 0.6) is 0 Å². The normalized spacial score (nSPS) is 15.5. The van der Waals surface area contributed by atoms with Crippen molar-refractivity contribution in [1.82, 2.24) is 19.4 Å². The fourth-order valence-electron chi connectivity index (χ4n) is 2.24. The number of likely N-dealkylation sites (tertiary alicyclic amines) is 1. The molecule has 0 aromatic carbocycles. The molecular formula is C13H14N4O. The lowest BCUT2D eigenvalue weighted by Gasteiger charge is -2.40. The Morgan fingerprint density at radius 1 is 1.39 bits per heavy atom. The second kappa shape index (κ2) is 4.25. The van der Waals surface area contributed by atoms with Crippen LogP contribution in [-0.2, 0) is 0 Å². The van der Waals surface area contributed by atoms with E-state index < -0.39 is 0 Å². The number of nitrogens with zero attached hydrogens (tertiary/aromatic N) is 4. The van der Waals surface area contributed by atoms with E-state index in [0.29, 0.717) is 11.6 Å². The molecule has 1 fully saturated rings. The van der Waals surface area contributed by atoms with Crippen LogP contribution in [0.3, 0.4) is 0 Å². The average molecular weight is 242 g/mol. The summed E-state index contributed by atoms with van der Waals surface area (Å²) in [6, 6.07) is 3.93. The Bertz CT molecular complexity index is 557. The lowest BCUT2D eigenvalue weighted by molar-refractivity contribution is 0.0517. The largest absolute Gasteiger partial charge is 0.334 e. The van der Waals surface area contributed by atoms with Crippen molar-refractivity contribution in [1.29, 1.82) is 0 Å². The molecule has 1 amide bonds. The first-order valence-electron chi connectivity index (χ1n) is 5.94. The lowest BCUT2D eigenvalue weighted by Crippen LogP contribution is -2.50. The highest BCUT2D eigenvalue weighted by Gasteiger charge is 2.32. The highest BCUT2D eigenvalue weighted by molar-refractivity contribution is 5.94. The van der Waals surface area contributed by atoms with Crippen molar-refractivity contribution in [2.75, 3.05) is 13.1 Å². The third-order valence-corrected chi connectivity index (χ3v) is 3.31. The van der Waals surface area contributed by atoms with E-state index in [1.54, 1.807) is 30.7 Å². The standard InChI is InChI=1S/C13H14N4O/c1-10-15-5-6-17(10)12-8-16(9-12)13(18)11-3-2-4-14-7-11/h2-7,12H,8-9H2,1H3. The number of imidazole rings is 1. The summed E-state index contributed by atoms with van der Waals surface area (Å²) in [7, 11) is 0. The molecule has 92 valence electrons. The van der Waals surface area contributed by atoms with Crippen LogP contribution in [0, 0.1) is 6.92 Å². The van der Waals surface area contributed by atoms with Gasteiger partial charge in [-0.25, -0.2) is 4.98 Å². The van der Waals surface area contributed by atoms with Crippen molar-refractivity contribution in [2.24, 2.45) is 0 Å². The predicted octanol–water partition coefficient (Wildman–Crippen LogP) is 1.28. The van der Waals surface area contributed by atoms with Crippen molar-refractivity contribution >= 4 is 5.91 Å². The number of amides is 1. The second-order valence-electron chi connectivity index (χ2n) is 4.49. The van der Waals surface area contributed by atoms with Crippen LogP contribution in [0.4, 0.5) is 0 Å². The molecule has 1 saturated heterocycles. The van der Waals surface area contributed by atoms with E-state index >= 15 is 0 Å². The van der Waals surface area contributed by atoms with Crippen LogP contribution in [0.25, 0.3) is 0 Å². The number of carbonyl (C=O) groups is 1. The van der Waals surface area contributed by atoms with Gasteiger partial charge >= 0.3 is 0 Å². The fraction of sp³-hybridized carbons (Fsp3) is 0.308. The zero-order chi connectivity index (χ0) is 12.5. The molecule has 0 atom stereocenters. The maximum Gasteiger partial charge on any atom is 0.255 e. The van der Waals surface area contributed by atoms with E-state index in [-0.39, 0.29) is 5.91 Å². The summed E-state index contributed by atoms with van der Waals surface area (Å²) in [5.41, 5.74) is 0.651. The summed E-state index contributed by atoms with van der Waals surface area (Å²) >= 11 is 0. The van der Waals surface area contributed by atoms with Gasteiger partial charge < -0.3 is 9.47 Å². The monoisotopic (exact) mass is 242 g/mol. The van der Waals surface area contributed by atoms with Crippen LogP contribution in [0.1, 0.15) is 22.2 Å². The van der Waals surface area contributed by atoms with Gasteiger partial charge in [0.2, 0.25) is 0 Å². The maximum absolute atomic E-state index is 12.1. The summed E-state index contributed by atoms with van der Waals surface area (Å²) in [4.78, 5) is 22.1. The topological polar surface area (TPSA) is 51.0 Å². The Kier molecular flexibility index (Phi) is 2.59. The number of hydrogen-bond acceptors (Lipinski definition) is 3. The molecule has 1 aliphatic rings. The SMILES string of the molecule is Cc1nccn1C1CN(C(=O)c2cccnc2)C1. The lowest BCUT2D eigenvalue weighted by atomic mass is 10.1. The smallest absolute Gasteiger partial charge is 0.255 e. The molecule has 0 spiro atoms. The Balaban J connectivity index is 1.66. The molecule has 2 aromatic rings. The molecule has 0 saturated carbocycles. The zero-order valence-corrected chi connectivity index (χ0v) is 10.2. The van der Waals surface area contributed by atoms with E-state index in [1.807, 2.05) is 18.0 Å². The number of rotatable bonds is 2. The van der Waals surface area contributed by atoms with E-state index in [1.165, 1.54) is 0 Å². The van der Waals surface area contributed by atoms with Gasteiger partial charge in [0, 0.05) is 37.9 Å². The van der Waals surface area contributed by atoms with Gasteiger partial charge in [-0.1, -0.05) is 0 Å². The first-order chi connectivity index (χ1) is 8.75. The number of aryl methyl sites for hydroxylation is 1. The number of hydrogen-bond donors (Lipinski definition) is 0.